The molecule has 2 aliphatic carbocycles. The van der Waals surface area contributed by atoms with Crippen LogP contribution in [-0.2, 0) is 4.79 Å². The Morgan fingerprint density at radius 3 is 2.83 bits per heavy atom. The maximum absolute atomic E-state index is 12.7. The van der Waals surface area contributed by atoms with Gasteiger partial charge in [0.05, 0.1) is 27.7 Å². The highest BCUT2D eigenvalue weighted by molar-refractivity contribution is 7.18. The van der Waals surface area contributed by atoms with Gasteiger partial charge in [-0.2, -0.15) is 0 Å². The van der Waals surface area contributed by atoms with Crippen LogP contribution in [0.5, 0.6) is 0 Å². The minimum atomic E-state index is -0.0648. The fourth-order valence-electron chi connectivity index (χ4n) is 3.40. The van der Waals surface area contributed by atoms with Gasteiger partial charge >= 0.3 is 0 Å². The van der Waals surface area contributed by atoms with Crippen LogP contribution in [0.15, 0.2) is 36.4 Å². The highest BCUT2D eigenvalue weighted by atomic mass is 32.1. The van der Waals surface area contributed by atoms with E-state index in [1.165, 1.54) is 4.70 Å². The molecule has 2 aromatic rings. The van der Waals surface area contributed by atoms with E-state index < -0.39 is 0 Å². The summed E-state index contributed by atoms with van der Waals surface area (Å²) in [7, 11) is 0. The van der Waals surface area contributed by atoms with Crippen LogP contribution in [0.3, 0.4) is 0 Å². The molecule has 1 aromatic heterocycles. The van der Waals surface area contributed by atoms with Gasteiger partial charge in [0.25, 0.3) is 0 Å². The van der Waals surface area contributed by atoms with Gasteiger partial charge in [0.1, 0.15) is 0 Å². The zero-order valence-electron chi connectivity index (χ0n) is 13.6. The number of thiazole rings is 1. The number of aromatic nitrogens is 1. The van der Waals surface area contributed by atoms with E-state index in [9.17, 15) is 9.90 Å². The van der Waals surface area contributed by atoms with Crippen LogP contribution in [0.4, 0.5) is 0 Å². The molecule has 4 nitrogen and oxygen atoms in total. The molecule has 1 heterocycles. The van der Waals surface area contributed by atoms with E-state index >= 15 is 0 Å². The average molecular weight is 342 g/mol. The predicted octanol–water partition coefficient (Wildman–Crippen LogP) is 3.23. The molecule has 0 spiro atoms. The second-order valence-electron chi connectivity index (χ2n) is 7.05. The van der Waals surface area contributed by atoms with Crippen molar-refractivity contribution in [3.05, 3.63) is 41.4 Å². The van der Waals surface area contributed by atoms with Crippen molar-refractivity contribution in [1.82, 2.24) is 10.3 Å². The molecule has 1 saturated carbocycles. The molecule has 2 atom stereocenters. The molecular formula is C19H22N2O2S. The number of nitrogens with zero attached hydrogens (tertiary/aromatic N) is 1. The van der Waals surface area contributed by atoms with Crippen molar-refractivity contribution in [3.8, 4) is 0 Å². The van der Waals surface area contributed by atoms with E-state index in [0.717, 1.165) is 36.2 Å². The van der Waals surface area contributed by atoms with Crippen LogP contribution in [0, 0.1) is 11.3 Å². The van der Waals surface area contributed by atoms with Crippen LogP contribution < -0.4 is 5.32 Å². The molecule has 0 unspecified atom stereocenters. The third kappa shape index (κ3) is 2.98. The molecule has 4 rings (SSSR count). The number of carbonyl (C=O) groups excluding carboxylic acids is 1. The summed E-state index contributed by atoms with van der Waals surface area (Å²) in [6, 6.07) is 8.14. The van der Waals surface area contributed by atoms with Gasteiger partial charge in [0, 0.05) is 17.9 Å². The highest BCUT2D eigenvalue weighted by Gasteiger charge is 2.43. The number of amides is 1. The van der Waals surface area contributed by atoms with E-state index in [0.29, 0.717) is 6.54 Å². The summed E-state index contributed by atoms with van der Waals surface area (Å²) in [6.45, 7) is 0.758. The molecule has 1 fully saturated rings. The van der Waals surface area contributed by atoms with Crippen LogP contribution in [0.1, 0.15) is 36.6 Å². The Morgan fingerprint density at radius 1 is 1.29 bits per heavy atom. The van der Waals surface area contributed by atoms with E-state index in [4.69, 9.17) is 4.98 Å². The molecule has 0 saturated heterocycles. The van der Waals surface area contributed by atoms with Crippen molar-refractivity contribution in [2.45, 2.75) is 31.6 Å². The summed E-state index contributed by atoms with van der Waals surface area (Å²) >= 11 is 1.70. The van der Waals surface area contributed by atoms with Crippen molar-refractivity contribution < 1.29 is 9.90 Å². The van der Waals surface area contributed by atoms with Crippen molar-refractivity contribution in [2.75, 3.05) is 13.2 Å². The van der Waals surface area contributed by atoms with E-state index in [-0.39, 0.29) is 29.8 Å². The van der Waals surface area contributed by atoms with E-state index in [1.54, 1.807) is 11.3 Å². The number of aliphatic hydroxyl groups is 1. The Bertz CT molecular complexity index is 746. The monoisotopic (exact) mass is 342 g/mol. The quantitative estimate of drug-likeness (QED) is 0.820. The summed E-state index contributed by atoms with van der Waals surface area (Å²) < 4.78 is 1.18. The number of allylic oxidation sites excluding steroid dienone is 2. The molecule has 0 bridgehead atoms. The minimum Gasteiger partial charge on any atom is -0.396 e. The molecular weight excluding hydrogens is 320 g/mol. The number of benzene rings is 1. The zero-order valence-corrected chi connectivity index (χ0v) is 14.4. The van der Waals surface area contributed by atoms with E-state index in [2.05, 4.69) is 23.5 Å². The first-order valence-corrected chi connectivity index (χ1v) is 9.41. The maximum atomic E-state index is 12.7. The smallest absolute Gasteiger partial charge is 0.224 e. The number of carbonyl (C=O) groups is 1. The molecule has 24 heavy (non-hydrogen) atoms. The van der Waals surface area contributed by atoms with Crippen molar-refractivity contribution in [2.24, 2.45) is 11.3 Å². The Hall–Kier alpha value is -1.72. The Labute approximate surface area is 145 Å². The van der Waals surface area contributed by atoms with Crippen LogP contribution in [0.25, 0.3) is 10.2 Å². The van der Waals surface area contributed by atoms with Gasteiger partial charge in [-0.3, -0.25) is 4.79 Å². The second-order valence-corrected chi connectivity index (χ2v) is 8.11. The van der Waals surface area contributed by atoms with Gasteiger partial charge < -0.3 is 10.4 Å². The van der Waals surface area contributed by atoms with Gasteiger partial charge in [-0.25, -0.2) is 4.98 Å². The molecule has 2 N–H and O–H groups in total. The van der Waals surface area contributed by atoms with Crippen molar-refractivity contribution in [1.29, 1.82) is 0 Å². The molecule has 1 amide bonds. The zero-order chi connectivity index (χ0) is 16.6. The lowest BCUT2D eigenvalue weighted by atomic mass is 9.82. The molecule has 126 valence electrons. The van der Waals surface area contributed by atoms with Crippen LogP contribution in [0.2, 0.25) is 0 Å². The molecule has 0 radical (unpaired) electrons. The van der Waals surface area contributed by atoms with E-state index in [1.807, 2.05) is 18.2 Å². The molecule has 2 aliphatic rings. The lowest BCUT2D eigenvalue weighted by Crippen LogP contribution is -2.38. The van der Waals surface area contributed by atoms with Crippen molar-refractivity contribution in [3.63, 3.8) is 0 Å². The Morgan fingerprint density at radius 2 is 2.08 bits per heavy atom. The first kappa shape index (κ1) is 15.8. The fourth-order valence-corrected chi connectivity index (χ4v) is 4.54. The summed E-state index contributed by atoms with van der Waals surface area (Å²) in [5, 5.41) is 13.6. The number of fused-ring (bicyclic) bond motifs is 1. The highest BCUT2D eigenvalue weighted by Crippen LogP contribution is 2.44. The molecule has 1 aromatic carbocycles. The lowest BCUT2D eigenvalue weighted by Gasteiger charge is -2.26. The molecule has 0 aliphatic heterocycles. The van der Waals surface area contributed by atoms with Gasteiger partial charge in [0.15, 0.2) is 0 Å². The minimum absolute atomic E-state index is 0.0501. The fraction of sp³-hybridized carbons (Fsp3) is 0.474. The summed E-state index contributed by atoms with van der Waals surface area (Å²) in [4.78, 5) is 17.5. The Kier molecular flexibility index (Phi) is 4.14. The summed E-state index contributed by atoms with van der Waals surface area (Å²) in [5.74, 6) is 0.185. The normalized spacial score (nSPS) is 24.9. The third-order valence-corrected chi connectivity index (χ3v) is 6.50. The maximum Gasteiger partial charge on any atom is 0.224 e. The molecule has 5 heteroatoms. The van der Waals surface area contributed by atoms with Crippen LogP contribution >= 0.6 is 11.3 Å². The number of aliphatic hydroxyl groups excluding tert-OH is 1. The topological polar surface area (TPSA) is 62.2 Å². The van der Waals surface area contributed by atoms with Gasteiger partial charge in [-0.1, -0.05) is 24.3 Å². The van der Waals surface area contributed by atoms with Gasteiger partial charge in [0.2, 0.25) is 5.91 Å². The predicted molar refractivity (Wildman–Crippen MR) is 96.0 cm³/mol. The standard InChI is InChI=1S/C19H22N2O2S/c22-12-19(9-10-19)11-20-17(23)13-5-1-2-6-14(13)18-21-15-7-3-4-8-16(15)24-18/h1-4,7-8,13-14,22H,5-6,9-12H2,(H,20,23)/t13-,14+/m0/s1. The Balaban J connectivity index is 1.52. The number of para-hydroxylation sites is 1. The van der Waals surface area contributed by atoms with Crippen molar-refractivity contribution >= 4 is 27.5 Å². The largest absolute Gasteiger partial charge is 0.396 e. The number of hydrogen-bond donors (Lipinski definition) is 2. The van der Waals surface area contributed by atoms with Crippen LogP contribution in [-0.4, -0.2) is 29.1 Å². The first-order valence-electron chi connectivity index (χ1n) is 8.60. The number of hydrogen-bond acceptors (Lipinski definition) is 4. The number of nitrogens with one attached hydrogen (secondary N) is 1. The van der Waals surface area contributed by atoms with Gasteiger partial charge in [-0.05, 0) is 37.8 Å². The SMILES string of the molecule is O=C(NCC1(CO)CC1)[C@H]1CC=CC[C@H]1c1nc2ccccc2s1. The second kappa shape index (κ2) is 6.30. The summed E-state index contributed by atoms with van der Waals surface area (Å²) in [5.41, 5.74) is 0.967. The summed E-state index contributed by atoms with van der Waals surface area (Å²) in [6.07, 6.45) is 7.91. The van der Waals surface area contributed by atoms with Gasteiger partial charge in [-0.15, -0.1) is 11.3 Å². The lowest BCUT2D eigenvalue weighted by molar-refractivity contribution is -0.126. The number of rotatable bonds is 5. The third-order valence-electron chi connectivity index (χ3n) is 5.33. The first-order chi connectivity index (χ1) is 11.7. The average Bonchev–Trinajstić information content (AvgIpc) is 3.29.